The van der Waals surface area contributed by atoms with Gasteiger partial charge in [-0.3, -0.25) is 0 Å². The lowest BCUT2D eigenvalue weighted by molar-refractivity contribution is 0.0240. The molecule has 1 fully saturated rings. The highest BCUT2D eigenvalue weighted by atomic mass is 16.6. The van der Waals surface area contributed by atoms with Crippen LogP contribution in [0.3, 0.4) is 0 Å². The number of carboxylic acids is 1. The first-order valence-corrected chi connectivity index (χ1v) is 8.66. The first kappa shape index (κ1) is 19.0. The number of amides is 1. The summed E-state index contributed by atoms with van der Waals surface area (Å²) in [5.74, 6) is -1.02. The van der Waals surface area contributed by atoms with Gasteiger partial charge in [0.15, 0.2) is 0 Å². The molecule has 0 radical (unpaired) electrons. The molecule has 1 aromatic heterocycles. The third-order valence-corrected chi connectivity index (χ3v) is 3.98. The standard InChI is InChI=1S/C18H27N3O4/c1-5-6-13-11-14(16(22)23)19-12-15(13)20-7-9-21(10-8-20)17(24)25-18(2,3)4/h11-12H,5-10H2,1-4H3,(H,22,23). The van der Waals surface area contributed by atoms with Gasteiger partial charge in [0.25, 0.3) is 0 Å². The van der Waals surface area contributed by atoms with Crippen molar-refractivity contribution in [2.45, 2.75) is 46.1 Å². The van der Waals surface area contributed by atoms with E-state index in [1.165, 1.54) is 0 Å². The predicted molar refractivity (Wildman–Crippen MR) is 95.2 cm³/mol. The fourth-order valence-corrected chi connectivity index (χ4v) is 2.82. The lowest BCUT2D eigenvalue weighted by Crippen LogP contribution is -2.50. The number of aromatic carboxylic acids is 1. The minimum absolute atomic E-state index is 0.0691. The summed E-state index contributed by atoms with van der Waals surface area (Å²) >= 11 is 0. The van der Waals surface area contributed by atoms with Crippen LogP contribution in [-0.2, 0) is 11.2 Å². The van der Waals surface area contributed by atoms with Crippen molar-refractivity contribution < 1.29 is 19.4 Å². The normalized spacial score (nSPS) is 15.2. The average Bonchev–Trinajstić information content (AvgIpc) is 2.53. The second-order valence-corrected chi connectivity index (χ2v) is 7.21. The zero-order chi connectivity index (χ0) is 18.6. The minimum Gasteiger partial charge on any atom is -0.477 e. The van der Waals surface area contributed by atoms with Crippen molar-refractivity contribution in [1.29, 1.82) is 0 Å². The van der Waals surface area contributed by atoms with Crippen LogP contribution >= 0.6 is 0 Å². The quantitative estimate of drug-likeness (QED) is 0.900. The third kappa shape index (κ3) is 5.08. The molecule has 1 aliphatic rings. The molecule has 1 aliphatic heterocycles. The number of rotatable bonds is 4. The molecule has 0 unspecified atom stereocenters. The summed E-state index contributed by atoms with van der Waals surface area (Å²) in [4.78, 5) is 31.2. The molecule has 0 spiro atoms. The van der Waals surface area contributed by atoms with Gasteiger partial charge in [-0.25, -0.2) is 14.6 Å². The zero-order valence-electron chi connectivity index (χ0n) is 15.4. The Morgan fingerprint density at radius 3 is 2.40 bits per heavy atom. The number of pyridine rings is 1. The Balaban J connectivity index is 2.07. The number of carbonyl (C=O) groups is 2. The summed E-state index contributed by atoms with van der Waals surface area (Å²) in [5, 5.41) is 9.13. The smallest absolute Gasteiger partial charge is 0.410 e. The van der Waals surface area contributed by atoms with E-state index in [1.54, 1.807) is 17.2 Å². The number of aryl methyl sites for hydroxylation is 1. The van der Waals surface area contributed by atoms with E-state index in [9.17, 15) is 9.59 Å². The third-order valence-electron chi connectivity index (χ3n) is 3.98. The summed E-state index contributed by atoms with van der Waals surface area (Å²) in [5.41, 5.74) is 1.51. The van der Waals surface area contributed by atoms with Gasteiger partial charge in [0, 0.05) is 26.2 Å². The van der Waals surface area contributed by atoms with Crippen LogP contribution in [0.5, 0.6) is 0 Å². The van der Waals surface area contributed by atoms with E-state index in [0.717, 1.165) is 24.1 Å². The number of carbonyl (C=O) groups excluding carboxylic acids is 1. The van der Waals surface area contributed by atoms with Gasteiger partial charge in [-0.2, -0.15) is 0 Å². The summed E-state index contributed by atoms with van der Waals surface area (Å²) < 4.78 is 5.41. The molecule has 0 aromatic carbocycles. The Bertz CT molecular complexity index is 632. The summed E-state index contributed by atoms with van der Waals surface area (Å²) in [6.07, 6.45) is 3.07. The fourth-order valence-electron chi connectivity index (χ4n) is 2.82. The summed E-state index contributed by atoms with van der Waals surface area (Å²) in [7, 11) is 0. The van der Waals surface area contributed by atoms with E-state index in [1.807, 2.05) is 20.8 Å². The van der Waals surface area contributed by atoms with Crippen LogP contribution in [0.4, 0.5) is 10.5 Å². The predicted octanol–water partition coefficient (Wildman–Crippen LogP) is 2.79. The summed E-state index contributed by atoms with van der Waals surface area (Å²) in [6, 6.07) is 1.65. The van der Waals surface area contributed by atoms with Crippen LogP contribution in [0.1, 0.15) is 50.2 Å². The van der Waals surface area contributed by atoms with Crippen molar-refractivity contribution in [2.24, 2.45) is 0 Å². The lowest BCUT2D eigenvalue weighted by atomic mass is 10.1. The molecule has 1 amide bonds. The number of anilines is 1. The molecule has 7 heteroatoms. The van der Waals surface area contributed by atoms with Crippen LogP contribution in [0, 0.1) is 0 Å². The maximum absolute atomic E-state index is 12.2. The van der Waals surface area contributed by atoms with E-state index in [2.05, 4.69) is 16.8 Å². The second-order valence-electron chi connectivity index (χ2n) is 7.21. The van der Waals surface area contributed by atoms with Crippen molar-refractivity contribution in [3.63, 3.8) is 0 Å². The maximum Gasteiger partial charge on any atom is 0.410 e. The van der Waals surface area contributed by atoms with Crippen molar-refractivity contribution in [2.75, 3.05) is 31.1 Å². The highest BCUT2D eigenvalue weighted by Crippen LogP contribution is 2.24. The van der Waals surface area contributed by atoms with Crippen LogP contribution < -0.4 is 4.90 Å². The molecule has 0 atom stereocenters. The molecular formula is C18H27N3O4. The van der Waals surface area contributed by atoms with Gasteiger partial charge >= 0.3 is 12.1 Å². The number of aromatic nitrogens is 1. The molecule has 7 nitrogen and oxygen atoms in total. The van der Waals surface area contributed by atoms with Crippen molar-refractivity contribution in [1.82, 2.24) is 9.88 Å². The van der Waals surface area contributed by atoms with Crippen molar-refractivity contribution in [3.8, 4) is 0 Å². The van der Waals surface area contributed by atoms with Crippen molar-refractivity contribution >= 4 is 17.7 Å². The van der Waals surface area contributed by atoms with E-state index in [-0.39, 0.29) is 11.8 Å². The number of carboxylic acid groups (broad SMARTS) is 1. The minimum atomic E-state index is -1.02. The van der Waals surface area contributed by atoms with Crippen LogP contribution in [0.25, 0.3) is 0 Å². The Morgan fingerprint density at radius 1 is 1.24 bits per heavy atom. The number of ether oxygens (including phenoxy) is 1. The Labute approximate surface area is 148 Å². The molecule has 1 saturated heterocycles. The highest BCUT2D eigenvalue weighted by molar-refractivity contribution is 5.86. The van der Waals surface area contributed by atoms with Gasteiger partial charge in [-0.1, -0.05) is 13.3 Å². The SMILES string of the molecule is CCCc1cc(C(=O)O)ncc1N1CCN(C(=O)OC(C)(C)C)CC1. The molecule has 138 valence electrons. The van der Waals surface area contributed by atoms with Gasteiger partial charge < -0.3 is 19.6 Å². The van der Waals surface area contributed by atoms with Gasteiger partial charge in [0.1, 0.15) is 11.3 Å². The van der Waals surface area contributed by atoms with Gasteiger partial charge in [-0.15, -0.1) is 0 Å². The topological polar surface area (TPSA) is 83.0 Å². The van der Waals surface area contributed by atoms with E-state index >= 15 is 0 Å². The molecular weight excluding hydrogens is 322 g/mol. The Kier molecular flexibility index (Phi) is 5.87. The average molecular weight is 349 g/mol. The summed E-state index contributed by atoms with van der Waals surface area (Å²) in [6.45, 7) is 10.1. The van der Waals surface area contributed by atoms with Crippen molar-refractivity contribution in [3.05, 3.63) is 23.5 Å². The Hall–Kier alpha value is -2.31. The zero-order valence-corrected chi connectivity index (χ0v) is 15.4. The number of nitrogens with zero attached hydrogens (tertiary/aromatic N) is 3. The fraction of sp³-hybridized carbons (Fsp3) is 0.611. The van der Waals surface area contributed by atoms with Crippen LogP contribution in [-0.4, -0.2) is 58.8 Å². The molecule has 25 heavy (non-hydrogen) atoms. The van der Waals surface area contributed by atoms with Gasteiger partial charge in [0.2, 0.25) is 0 Å². The first-order valence-electron chi connectivity index (χ1n) is 8.66. The maximum atomic E-state index is 12.2. The van der Waals surface area contributed by atoms with Crippen LogP contribution in [0.2, 0.25) is 0 Å². The molecule has 1 N–H and O–H groups in total. The second kappa shape index (κ2) is 7.72. The van der Waals surface area contributed by atoms with E-state index < -0.39 is 11.6 Å². The first-order chi connectivity index (χ1) is 11.7. The van der Waals surface area contributed by atoms with Gasteiger partial charge in [-0.05, 0) is 38.8 Å². The number of hydrogen-bond acceptors (Lipinski definition) is 5. The van der Waals surface area contributed by atoms with Gasteiger partial charge in [0.05, 0.1) is 11.9 Å². The largest absolute Gasteiger partial charge is 0.477 e. The molecule has 1 aromatic rings. The molecule has 0 saturated carbocycles. The highest BCUT2D eigenvalue weighted by Gasteiger charge is 2.27. The molecule has 2 heterocycles. The molecule has 0 aliphatic carbocycles. The molecule has 0 bridgehead atoms. The lowest BCUT2D eigenvalue weighted by Gasteiger charge is -2.37. The Morgan fingerprint density at radius 2 is 1.88 bits per heavy atom. The molecule has 2 rings (SSSR count). The van der Waals surface area contributed by atoms with E-state index in [4.69, 9.17) is 9.84 Å². The van der Waals surface area contributed by atoms with E-state index in [0.29, 0.717) is 26.2 Å². The number of hydrogen-bond donors (Lipinski definition) is 1. The number of piperazine rings is 1. The van der Waals surface area contributed by atoms with Crippen LogP contribution in [0.15, 0.2) is 12.3 Å². The monoisotopic (exact) mass is 349 g/mol.